The SMILES string of the molecule is CCCOc1ccc(OC[C@H]2CC[C@H](C#CC=C[C@H]3CC[C@H](CCC)CC3)CC2)cc1. The van der Waals surface area contributed by atoms with Crippen molar-refractivity contribution in [2.45, 2.75) is 84.5 Å². The molecule has 0 N–H and O–H groups in total. The first-order valence-electron chi connectivity index (χ1n) is 12.8. The minimum absolute atomic E-state index is 0.566. The van der Waals surface area contributed by atoms with Gasteiger partial charge < -0.3 is 9.47 Å². The van der Waals surface area contributed by atoms with Crippen molar-refractivity contribution in [3.63, 3.8) is 0 Å². The molecule has 31 heavy (non-hydrogen) atoms. The lowest BCUT2D eigenvalue weighted by Crippen LogP contribution is -2.19. The first kappa shape index (κ1) is 23.8. The standard InChI is InChI=1S/C29H42O2/c1-3-7-24-10-12-25(13-11-24)8-5-6-9-26-14-16-27(17-15-26)23-31-29-20-18-28(19-21-29)30-22-4-2/h5,8,18-21,24-27H,3-4,7,10-17,22-23H2,1-2H3/t24-,25-,26-,27-. The molecule has 2 saturated carbocycles. The van der Waals surface area contributed by atoms with Crippen molar-refractivity contribution in [1.82, 2.24) is 0 Å². The van der Waals surface area contributed by atoms with E-state index in [1.54, 1.807) is 0 Å². The summed E-state index contributed by atoms with van der Waals surface area (Å²) in [6, 6.07) is 8.04. The van der Waals surface area contributed by atoms with E-state index in [0.717, 1.165) is 43.0 Å². The summed E-state index contributed by atoms with van der Waals surface area (Å²) in [6.45, 7) is 6.01. The van der Waals surface area contributed by atoms with Gasteiger partial charge in [0.05, 0.1) is 13.2 Å². The fourth-order valence-corrected chi connectivity index (χ4v) is 4.97. The predicted octanol–water partition coefficient (Wildman–Crippen LogP) is 7.83. The largest absolute Gasteiger partial charge is 0.494 e. The topological polar surface area (TPSA) is 18.5 Å². The van der Waals surface area contributed by atoms with Crippen molar-refractivity contribution in [2.24, 2.45) is 23.7 Å². The lowest BCUT2D eigenvalue weighted by molar-refractivity contribution is 0.196. The van der Waals surface area contributed by atoms with Gasteiger partial charge in [0.1, 0.15) is 11.5 Å². The molecule has 0 bridgehead atoms. The van der Waals surface area contributed by atoms with Crippen LogP contribution in [0.4, 0.5) is 0 Å². The average molecular weight is 423 g/mol. The molecule has 0 aromatic heterocycles. The second kappa shape index (κ2) is 13.5. The van der Waals surface area contributed by atoms with E-state index in [1.165, 1.54) is 64.2 Å². The Morgan fingerprint density at radius 1 is 0.806 bits per heavy atom. The molecule has 0 spiro atoms. The second-order valence-electron chi connectivity index (χ2n) is 9.57. The Kier molecular flexibility index (Phi) is 10.4. The number of hydrogen-bond acceptors (Lipinski definition) is 2. The molecule has 0 unspecified atom stereocenters. The Hall–Kier alpha value is -1.88. The molecule has 2 heteroatoms. The molecule has 0 aliphatic heterocycles. The highest BCUT2D eigenvalue weighted by Crippen LogP contribution is 2.32. The van der Waals surface area contributed by atoms with E-state index in [9.17, 15) is 0 Å². The maximum absolute atomic E-state index is 6.03. The van der Waals surface area contributed by atoms with Crippen LogP contribution < -0.4 is 9.47 Å². The highest BCUT2D eigenvalue weighted by atomic mass is 16.5. The van der Waals surface area contributed by atoms with Gasteiger partial charge >= 0.3 is 0 Å². The fraction of sp³-hybridized carbons (Fsp3) is 0.655. The summed E-state index contributed by atoms with van der Waals surface area (Å²) < 4.78 is 11.7. The first-order valence-corrected chi connectivity index (χ1v) is 12.8. The zero-order chi connectivity index (χ0) is 21.7. The van der Waals surface area contributed by atoms with Gasteiger partial charge in [-0.2, -0.15) is 0 Å². The van der Waals surface area contributed by atoms with Crippen molar-refractivity contribution in [2.75, 3.05) is 13.2 Å². The number of rotatable bonds is 9. The predicted molar refractivity (Wildman–Crippen MR) is 130 cm³/mol. The molecular formula is C29H42O2. The van der Waals surface area contributed by atoms with E-state index in [2.05, 4.69) is 37.8 Å². The molecule has 0 heterocycles. The maximum Gasteiger partial charge on any atom is 0.119 e. The molecule has 1 aromatic carbocycles. The second-order valence-corrected chi connectivity index (χ2v) is 9.57. The zero-order valence-corrected chi connectivity index (χ0v) is 19.8. The molecule has 0 atom stereocenters. The van der Waals surface area contributed by atoms with Crippen LogP contribution >= 0.6 is 0 Å². The Labute approximate surface area is 190 Å². The number of hydrogen-bond donors (Lipinski definition) is 0. The Bertz CT molecular complexity index is 692. The summed E-state index contributed by atoms with van der Waals surface area (Å²) in [5.74, 6) is 11.7. The van der Waals surface area contributed by atoms with Gasteiger partial charge in [0.25, 0.3) is 0 Å². The minimum Gasteiger partial charge on any atom is -0.494 e. The summed E-state index contributed by atoms with van der Waals surface area (Å²) in [6.07, 6.45) is 18.7. The van der Waals surface area contributed by atoms with Gasteiger partial charge in [-0.15, -0.1) is 0 Å². The lowest BCUT2D eigenvalue weighted by Gasteiger charge is -2.26. The van der Waals surface area contributed by atoms with Gasteiger partial charge in [-0.25, -0.2) is 0 Å². The van der Waals surface area contributed by atoms with Crippen LogP contribution in [0.1, 0.15) is 84.5 Å². The lowest BCUT2D eigenvalue weighted by atomic mass is 9.80. The molecule has 170 valence electrons. The molecule has 0 amide bonds. The summed E-state index contributed by atoms with van der Waals surface area (Å²) in [5.41, 5.74) is 0. The van der Waals surface area contributed by atoms with Gasteiger partial charge in [0, 0.05) is 5.92 Å². The molecule has 0 saturated heterocycles. The van der Waals surface area contributed by atoms with Crippen LogP contribution in [-0.2, 0) is 0 Å². The molecule has 0 radical (unpaired) electrons. The van der Waals surface area contributed by atoms with E-state index >= 15 is 0 Å². The smallest absolute Gasteiger partial charge is 0.119 e. The summed E-state index contributed by atoms with van der Waals surface area (Å²) in [7, 11) is 0. The van der Waals surface area contributed by atoms with Gasteiger partial charge in [-0.1, -0.05) is 44.6 Å². The van der Waals surface area contributed by atoms with E-state index in [-0.39, 0.29) is 0 Å². The summed E-state index contributed by atoms with van der Waals surface area (Å²) in [5, 5.41) is 0. The zero-order valence-electron chi connectivity index (χ0n) is 19.8. The Morgan fingerprint density at radius 3 is 2.10 bits per heavy atom. The van der Waals surface area contributed by atoms with Crippen LogP contribution in [0, 0.1) is 35.5 Å². The number of benzene rings is 1. The van der Waals surface area contributed by atoms with Crippen molar-refractivity contribution in [1.29, 1.82) is 0 Å². The minimum atomic E-state index is 0.566. The van der Waals surface area contributed by atoms with Crippen LogP contribution in [-0.4, -0.2) is 13.2 Å². The normalized spacial score (nSPS) is 26.3. The van der Waals surface area contributed by atoms with Crippen molar-refractivity contribution in [3.05, 3.63) is 36.4 Å². The third kappa shape index (κ3) is 8.64. The van der Waals surface area contributed by atoms with Crippen LogP contribution in [0.25, 0.3) is 0 Å². The third-order valence-electron chi connectivity index (χ3n) is 6.96. The maximum atomic E-state index is 6.03. The average Bonchev–Trinajstić information content (AvgIpc) is 2.82. The Morgan fingerprint density at radius 2 is 1.45 bits per heavy atom. The highest BCUT2D eigenvalue weighted by Gasteiger charge is 2.20. The van der Waals surface area contributed by atoms with Crippen molar-refractivity contribution in [3.8, 4) is 23.3 Å². The van der Waals surface area contributed by atoms with E-state index in [0.29, 0.717) is 11.8 Å². The van der Waals surface area contributed by atoms with Gasteiger partial charge in [0.15, 0.2) is 0 Å². The Balaban J connectivity index is 1.30. The van der Waals surface area contributed by atoms with E-state index in [1.807, 2.05) is 24.3 Å². The quantitative estimate of drug-likeness (QED) is 0.378. The van der Waals surface area contributed by atoms with E-state index in [4.69, 9.17) is 9.47 Å². The van der Waals surface area contributed by atoms with Crippen LogP contribution in [0.5, 0.6) is 11.5 Å². The summed E-state index contributed by atoms with van der Waals surface area (Å²) in [4.78, 5) is 0. The molecule has 2 fully saturated rings. The molecule has 2 nitrogen and oxygen atoms in total. The van der Waals surface area contributed by atoms with Gasteiger partial charge in [-0.05, 0) is 106 Å². The summed E-state index contributed by atoms with van der Waals surface area (Å²) >= 11 is 0. The van der Waals surface area contributed by atoms with Gasteiger partial charge in [0.2, 0.25) is 0 Å². The monoisotopic (exact) mass is 422 g/mol. The molecular weight excluding hydrogens is 380 g/mol. The number of ether oxygens (including phenoxy) is 2. The van der Waals surface area contributed by atoms with Crippen LogP contribution in [0.2, 0.25) is 0 Å². The van der Waals surface area contributed by atoms with Crippen molar-refractivity contribution < 1.29 is 9.47 Å². The van der Waals surface area contributed by atoms with Gasteiger partial charge in [-0.3, -0.25) is 0 Å². The third-order valence-corrected chi connectivity index (χ3v) is 6.96. The first-order chi connectivity index (χ1) is 15.3. The molecule has 2 aliphatic rings. The van der Waals surface area contributed by atoms with E-state index < -0.39 is 0 Å². The molecule has 1 aromatic rings. The van der Waals surface area contributed by atoms with Crippen LogP contribution in [0.15, 0.2) is 36.4 Å². The fourth-order valence-electron chi connectivity index (χ4n) is 4.97. The molecule has 2 aliphatic carbocycles. The molecule has 3 rings (SSSR count). The number of allylic oxidation sites excluding steroid dienone is 2. The highest BCUT2D eigenvalue weighted by molar-refractivity contribution is 5.31. The van der Waals surface area contributed by atoms with Crippen LogP contribution in [0.3, 0.4) is 0 Å². The van der Waals surface area contributed by atoms with Crippen molar-refractivity contribution >= 4 is 0 Å².